The number of amides is 1. The molecule has 1 spiro atoms. The van der Waals surface area contributed by atoms with Crippen LogP contribution in [-0.2, 0) is 9.53 Å². The van der Waals surface area contributed by atoms with Crippen molar-refractivity contribution >= 4 is 5.91 Å². The number of hydrogen-bond donors (Lipinski definition) is 1. The minimum atomic E-state index is -0.371. The number of aliphatic hydroxyl groups excluding tert-OH is 1. The highest BCUT2D eigenvalue weighted by Gasteiger charge is 2.69. The van der Waals surface area contributed by atoms with Crippen LogP contribution in [0.1, 0.15) is 92.4 Å². The van der Waals surface area contributed by atoms with Gasteiger partial charge in [0.25, 0.3) is 0 Å². The van der Waals surface area contributed by atoms with E-state index < -0.39 is 0 Å². The maximum Gasteiger partial charge on any atom is 0.221 e. The minimum Gasteiger partial charge on any atom is -0.393 e. The summed E-state index contributed by atoms with van der Waals surface area (Å²) in [6.07, 6.45) is 12.9. The molecule has 2 aliphatic heterocycles. The largest absolute Gasteiger partial charge is 0.393 e. The molecule has 2 saturated heterocycles. The van der Waals surface area contributed by atoms with Crippen molar-refractivity contribution in [2.75, 3.05) is 6.54 Å². The van der Waals surface area contributed by atoms with E-state index in [9.17, 15) is 9.90 Å². The fourth-order valence-corrected chi connectivity index (χ4v) is 10.5. The Bertz CT molecular complexity index is 869. The molecule has 0 bridgehead atoms. The van der Waals surface area contributed by atoms with Crippen molar-refractivity contribution in [3.05, 3.63) is 11.6 Å². The van der Waals surface area contributed by atoms with Crippen LogP contribution in [0.5, 0.6) is 0 Å². The first kappa shape index (κ1) is 22.6. The summed E-state index contributed by atoms with van der Waals surface area (Å²) in [5.41, 5.74) is 1.79. The van der Waals surface area contributed by atoms with E-state index in [1.54, 1.807) is 12.5 Å². The number of fused-ring (bicyclic) bond motifs is 7. The van der Waals surface area contributed by atoms with E-state index in [1.165, 1.54) is 25.7 Å². The Kier molecular flexibility index (Phi) is 5.01. The van der Waals surface area contributed by atoms with Crippen molar-refractivity contribution in [1.29, 1.82) is 0 Å². The molecule has 6 aliphatic rings. The molecule has 4 aliphatic carbocycles. The molecule has 3 saturated carbocycles. The first-order chi connectivity index (χ1) is 15.6. The Balaban J connectivity index is 1.30. The van der Waals surface area contributed by atoms with Crippen LogP contribution >= 0.6 is 0 Å². The molecule has 1 N–H and O–H groups in total. The topological polar surface area (TPSA) is 49.8 Å². The van der Waals surface area contributed by atoms with Crippen LogP contribution in [0.25, 0.3) is 0 Å². The van der Waals surface area contributed by atoms with Gasteiger partial charge in [0.1, 0.15) is 5.72 Å². The lowest BCUT2D eigenvalue weighted by Crippen LogP contribution is -2.60. The lowest BCUT2D eigenvalue weighted by atomic mass is 9.47. The predicted molar refractivity (Wildman–Crippen MR) is 129 cm³/mol. The lowest BCUT2D eigenvalue weighted by molar-refractivity contribution is -0.200. The zero-order valence-corrected chi connectivity index (χ0v) is 21.5. The SMILES string of the molecule is CC(=O)N1C[C@@H](C)CC[C@]12O[C@H]1C[C@H]3[C@@H]4CC=C5C[C@@H](O)CC[C@]5(C)[C@H]4CC[C@]3(C)[C@H]1[C@H]2C. The minimum absolute atomic E-state index is 0.131. The van der Waals surface area contributed by atoms with Crippen LogP contribution in [0.15, 0.2) is 11.6 Å². The molecule has 0 aromatic heterocycles. The molecule has 4 nitrogen and oxygen atoms in total. The molecule has 5 fully saturated rings. The molecule has 0 unspecified atom stereocenters. The number of ether oxygens (including phenoxy) is 1. The number of hydrogen-bond acceptors (Lipinski definition) is 3. The second-order valence-electron chi connectivity index (χ2n) is 13.5. The third-order valence-electron chi connectivity index (χ3n) is 12.1. The summed E-state index contributed by atoms with van der Waals surface area (Å²) in [4.78, 5) is 14.9. The van der Waals surface area contributed by atoms with Gasteiger partial charge in [-0.05, 0) is 98.2 Å². The third-order valence-corrected chi connectivity index (χ3v) is 12.1. The maximum absolute atomic E-state index is 12.7. The molecule has 0 aromatic rings. The van der Waals surface area contributed by atoms with Gasteiger partial charge in [-0.3, -0.25) is 4.79 Å². The fraction of sp³-hybridized carbons (Fsp3) is 0.897. The van der Waals surface area contributed by atoms with Crippen LogP contribution in [0.3, 0.4) is 0 Å². The number of rotatable bonds is 0. The van der Waals surface area contributed by atoms with E-state index >= 15 is 0 Å². The molecule has 184 valence electrons. The van der Waals surface area contributed by atoms with Crippen LogP contribution in [0, 0.1) is 46.3 Å². The lowest BCUT2D eigenvalue weighted by Gasteiger charge is -2.59. The van der Waals surface area contributed by atoms with Crippen molar-refractivity contribution in [3.8, 4) is 0 Å². The second-order valence-corrected chi connectivity index (χ2v) is 13.5. The molecule has 0 radical (unpaired) electrons. The van der Waals surface area contributed by atoms with E-state index in [0.29, 0.717) is 34.7 Å². The molecule has 2 heterocycles. The number of aliphatic hydroxyl groups is 1. The van der Waals surface area contributed by atoms with Gasteiger partial charge in [0.15, 0.2) is 0 Å². The van der Waals surface area contributed by atoms with Gasteiger partial charge in [0.05, 0.1) is 12.2 Å². The van der Waals surface area contributed by atoms with Gasteiger partial charge in [-0.15, -0.1) is 0 Å². The summed E-state index contributed by atoms with van der Waals surface area (Å²) in [5.74, 6) is 3.95. The van der Waals surface area contributed by atoms with E-state index in [2.05, 4.69) is 38.7 Å². The Morgan fingerprint density at radius 2 is 1.91 bits per heavy atom. The van der Waals surface area contributed by atoms with Gasteiger partial charge in [-0.2, -0.15) is 0 Å². The normalized spacial score (nSPS) is 55.5. The van der Waals surface area contributed by atoms with E-state index in [1.807, 2.05) is 0 Å². The van der Waals surface area contributed by atoms with Crippen LogP contribution in [-0.4, -0.2) is 40.4 Å². The van der Waals surface area contributed by atoms with Gasteiger partial charge in [0.2, 0.25) is 5.91 Å². The summed E-state index contributed by atoms with van der Waals surface area (Å²) in [6.45, 7) is 12.4. The van der Waals surface area contributed by atoms with Crippen molar-refractivity contribution < 1.29 is 14.6 Å². The van der Waals surface area contributed by atoms with E-state index in [0.717, 1.165) is 56.4 Å². The zero-order chi connectivity index (χ0) is 23.3. The fourth-order valence-electron chi connectivity index (χ4n) is 10.5. The highest BCUT2D eigenvalue weighted by Crippen LogP contribution is 2.70. The van der Waals surface area contributed by atoms with Crippen molar-refractivity contribution in [3.63, 3.8) is 0 Å². The zero-order valence-electron chi connectivity index (χ0n) is 21.5. The summed E-state index contributed by atoms with van der Waals surface area (Å²) in [6, 6.07) is 0. The molecule has 1 amide bonds. The van der Waals surface area contributed by atoms with Crippen LogP contribution in [0.2, 0.25) is 0 Å². The molecule has 0 aromatic carbocycles. The maximum atomic E-state index is 12.7. The van der Waals surface area contributed by atoms with E-state index in [4.69, 9.17) is 4.74 Å². The number of likely N-dealkylation sites (tertiary alicyclic amines) is 1. The Morgan fingerprint density at radius 1 is 1.12 bits per heavy atom. The van der Waals surface area contributed by atoms with Gasteiger partial charge in [-0.1, -0.05) is 39.3 Å². The van der Waals surface area contributed by atoms with Gasteiger partial charge in [0, 0.05) is 19.4 Å². The first-order valence-electron chi connectivity index (χ1n) is 13.9. The summed E-state index contributed by atoms with van der Waals surface area (Å²) < 4.78 is 7.09. The van der Waals surface area contributed by atoms with Crippen LogP contribution in [0.4, 0.5) is 0 Å². The number of nitrogens with zero attached hydrogens (tertiary/aromatic N) is 1. The molecular formula is C29H45NO3. The Labute approximate surface area is 200 Å². The van der Waals surface area contributed by atoms with Crippen molar-refractivity contribution in [2.45, 2.75) is 110 Å². The average Bonchev–Trinajstić information content (AvgIpc) is 3.21. The molecular weight excluding hydrogens is 410 g/mol. The highest BCUT2D eigenvalue weighted by molar-refractivity contribution is 5.74. The first-order valence-corrected chi connectivity index (χ1v) is 13.9. The molecule has 4 heteroatoms. The Hall–Kier alpha value is -0.870. The molecule has 33 heavy (non-hydrogen) atoms. The third kappa shape index (κ3) is 2.92. The molecule has 11 atom stereocenters. The summed E-state index contributed by atoms with van der Waals surface area (Å²) in [5, 5.41) is 10.3. The number of allylic oxidation sites excluding steroid dienone is 1. The quantitative estimate of drug-likeness (QED) is 0.488. The van der Waals surface area contributed by atoms with Crippen LogP contribution < -0.4 is 0 Å². The highest BCUT2D eigenvalue weighted by atomic mass is 16.5. The van der Waals surface area contributed by atoms with Gasteiger partial charge >= 0.3 is 0 Å². The van der Waals surface area contributed by atoms with Gasteiger partial charge in [-0.25, -0.2) is 0 Å². The molecule has 6 rings (SSSR count). The Morgan fingerprint density at radius 3 is 2.67 bits per heavy atom. The van der Waals surface area contributed by atoms with E-state index in [-0.39, 0.29) is 17.7 Å². The summed E-state index contributed by atoms with van der Waals surface area (Å²) in [7, 11) is 0. The number of carbonyl (C=O) groups is 1. The smallest absolute Gasteiger partial charge is 0.221 e. The second kappa shape index (κ2) is 7.32. The van der Waals surface area contributed by atoms with Crippen molar-refractivity contribution in [2.24, 2.45) is 46.3 Å². The standard InChI is InChI=1S/C29H45NO3/c1-17-8-13-29(30(16-17)19(3)31)18(2)26-25(33-29)15-24-22-7-6-20-14-21(32)9-11-27(20,4)23(22)10-12-28(24,26)5/h6,17-18,21-26,32H,7-16H2,1-5H3/t17-,18+,21-,22+,23-,24-,25-,26-,27-,28-,29+/m0/s1. The monoisotopic (exact) mass is 455 g/mol. The van der Waals surface area contributed by atoms with Gasteiger partial charge < -0.3 is 14.7 Å². The number of carbonyl (C=O) groups excluding carboxylic acids is 1. The average molecular weight is 456 g/mol. The summed E-state index contributed by atoms with van der Waals surface area (Å²) >= 11 is 0. The predicted octanol–water partition coefficient (Wildman–Crippen LogP) is 5.55. The van der Waals surface area contributed by atoms with Crippen molar-refractivity contribution in [1.82, 2.24) is 4.90 Å². The number of piperidine rings is 1.